The summed E-state index contributed by atoms with van der Waals surface area (Å²) in [6, 6.07) is 8.29. The Morgan fingerprint density at radius 1 is 1.24 bits per heavy atom. The van der Waals surface area contributed by atoms with Crippen LogP contribution < -0.4 is 4.90 Å². The van der Waals surface area contributed by atoms with E-state index in [2.05, 4.69) is 30.0 Å². The van der Waals surface area contributed by atoms with Gasteiger partial charge in [0, 0.05) is 45.5 Å². The minimum Gasteiger partial charge on any atom is -0.383 e. The lowest BCUT2D eigenvalue weighted by atomic mass is 10.2. The summed E-state index contributed by atoms with van der Waals surface area (Å²) in [5.41, 5.74) is 2.36. The number of hydrogen-bond acceptors (Lipinski definition) is 5. The lowest BCUT2D eigenvalue weighted by molar-refractivity contribution is -0.131. The molecule has 0 aliphatic carbocycles. The van der Waals surface area contributed by atoms with Crippen molar-refractivity contribution in [3.05, 3.63) is 29.8 Å². The fourth-order valence-corrected chi connectivity index (χ4v) is 3.60. The molecule has 2 rings (SSSR count). The van der Waals surface area contributed by atoms with E-state index >= 15 is 0 Å². The summed E-state index contributed by atoms with van der Waals surface area (Å²) in [6.45, 7) is 5.04. The lowest BCUT2D eigenvalue weighted by Gasteiger charge is -2.37. The first-order valence-electron chi connectivity index (χ1n) is 8.34. The number of rotatable bonds is 7. The van der Waals surface area contributed by atoms with Crippen molar-refractivity contribution in [2.45, 2.75) is 6.92 Å². The number of amides is 1. The van der Waals surface area contributed by atoms with Gasteiger partial charge in [-0.25, -0.2) is 8.42 Å². The highest BCUT2D eigenvalue weighted by Crippen LogP contribution is 2.18. The van der Waals surface area contributed by atoms with Crippen LogP contribution in [-0.2, 0) is 19.6 Å². The van der Waals surface area contributed by atoms with Crippen molar-refractivity contribution in [3.63, 3.8) is 0 Å². The van der Waals surface area contributed by atoms with Gasteiger partial charge in [-0.2, -0.15) is 4.31 Å². The maximum Gasteiger partial charge on any atom is 0.238 e. The number of hydrogen-bond donors (Lipinski definition) is 0. The Balaban J connectivity index is 1.91. The van der Waals surface area contributed by atoms with Gasteiger partial charge in [-0.3, -0.25) is 4.79 Å². The van der Waals surface area contributed by atoms with Crippen LogP contribution in [0.25, 0.3) is 0 Å². The molecule has 1 aromatic carbocycles. The molecule has 1 fully saturated rings. The fraction of sp³-hybridized carbons (Fsp3) is 0.588. The molecule has 1 amide bonds. The predicted octanol–water partition coefficient (Wildman–Crippen LogP) is 0.552. The average Bonchev–Trinajstić information content (AvgIpc) is 2.57. The SMILES string of the molecule is COCCN(CC(=O)N1CCN(c2cccc(C)c2)CC1)S(C)(=O)=O. The van der Waals surface area contributed by atoms with E-state index in [9.17, 15) is 13.2 Å². The molecule has 1 saturated heterocycles. The number of sulfonamides is 1. The summed E-state index contributed by atoms with van der Waals surface area (Å²) in [6.07, 6.45) is 1.12. The average molecular weight is 369 g/mol. The molecule has 0 N–H and O–H groups in total. The summed E-state index contributed by atoms with van der Waals surface area (Å²) in [7, 11) is -1.93. The molecule has 8 heteroatoms. The molecule has 0 bridgehead atoms. The third-order valence-corrected chi connectivity index (χ3v) is 5.57. The fourth-order valence-electron chi connectivity index (χ4n) is 2.84. The number of methoxy groups -OCH3 is 1. The smallest absolute Gasteiger partial charge is 0.238 e. The van der Waals surface area contributed by atoms with Crippen LogP contribution in [0.2, 0.25) is 0 Å². The van der Waals surface area contributed by atoms with Crippen LogP contribution in [0.1, 0.15) is 5.56 Å². The Morgan fingerprint density at radius 3 is 2.48 bits per heavy atom. The first-order valence-corrected chi connectivity index (χ1v) is 10.2. The Labute approximate surface area is 150 Å². The van der Waals surface area contributed by atoms with Crippen molar-refractivity contribution in [2.24, 2.45) is 0 Å². The molecule has 0 aromatic heterocycles. The van der Waals surface area contributed by atoms with Crippen molar-refractivity contribution in [2.75, 3.05) is 64.1 Å². The number of ether oxygens (including phenoxy) is 1. The highest BCUT2D eigenvalue weighted by atomic mass is 32.2. The topological polar surface area (TPSA) is 70.2 Å². The van der Waals surface area contributed by atoms with E-state index in [1.807, 2.05) is 6.07 Å². The number of carbonyl (C=O) groups excluding carboxylic acids is 1. The summed E-state index contributed by atoms with van der Waals surface area (Å²) < 4.78 is 29.7. The summed E-state index contributed by atoms with van der Waals surface area (Å²) in [5, 5.41) is 0. The predicted molar refractivity (Wildman–Crippen MR) is 98.3 cm³/mol. The van der Waals surface area contributed by atoms with Crippen molar-refractivity contribution < 1.29 is 17.9 Å². The van der Waals surface area contributed by atoms with Crippen LogP contribution in [0.4, 0.5) is 5.69 Å². The molecule has 7 nitrogen and oxygen atoms in total. The van der Waals surface area contributed by atoms with Crippen LogP contribution in [0.5, 0.6) is 0 Å². The maximum absolute atomic E-state index is 12.5. The molecule has 1 aliphatic rings. The van der Waals surface area contributed by atoms with E-state index in [-0.39, 0.29) is 25.6 Å². The molecule has 0 spiro atoms. The van der Waals surface area contributed by atoms with Gasteiger partial charge in [0.2, 0.25) is 15.9 Å². The Hall–Kier alpha value is -1.64. The zero-order chi connectivity index (χ0) is 18.4. The summed E-state index contributed by atoms with van der Waals surface area (Å²) in [5.74, 6) is -0.162. The Bertz CT molecular complexity index is 685. The number of aryl methyl sites for hydroxylation is 1. The Morgan fingerprint density at radius 2 is 1.92 bits per heavy atom. The Kier molecular flexibility index (Phi) is 6.80. The second kappa shape index (κ2) is 8.64. The van der Waals surface area contributed by atoms with E-state index < -0.39 is 10.0 Å². The number of anilines is 1. The number of piperazine rings is 1. The van der Waals surface area contributed by atoms with Crippen LogP contribution in [0.3, 0.4) is 0 Å². The molecule has 1 aliphatic heterocycles. The molecule has 0 atom stereocenters. The van der Waals surface area contributed by atoms with Gasteiger partial charge in [0.05, 0.1) is 19.4 Å². The third-order valence-electron chi connectivity index (χ3n) is 4.32. The van der Waals surface area contributed by atoms with E-state index in [4.69, 9.17) is 4.74 Å². The third kappa shape index (κ3) is 5.69. The number of benzene rings is 1. The largest absolute Gasteiger partial charge is 0.383 e. The van der Waals surface area contributed by atoms with Crippen molar-refractivity contribution in [1.29, 1.82) is 0 Å². The van der Waals surface area contributed by atoms with Crippen LogP contribution in [0.15, 0.2) is 24.3 Å². The normalized spacial score (nSPS) is 15.7. The monoisotopic (exact) mass is 369 g/mol. The number of carbonyl (C=O) groups is 1. The summed E-state index contributed by atoms with van der Waals surface area (Å²) in [4.78, 5) is 16.5. The quantitative estimate of drug-likeness (QED) is 0.702. The van der Waals surface area contributed by atoms with Crippen molar-refractivity contribution in [1.82, 2.24) is 9.21 Å². The van der Waals surface area contributed by atoms with Gasteiger partial charge in [-0.1, -0.05) is 12.1 Å². The molecular weight excluding hydrogens is 342 g/mol. The molecule has 1 heterocycles. The molecule has 0 radical (unpaired) electrons. The zero-order valence-electron chi connectivity index (χ0n) is 15.1. The van der Waals surface area contributed by atoms with Crippen molar-refractivity contribution >= 4 is 21.6 Å². The highest BCUT2D eigenvalue weighted by Gasteiger charge is 2.26. The minimum absolute atomic E-state index is 0.132. The minimum atomic E-state index is -3.43. The molecule has 0 unspecified atom stereocenters. The summed E-state index contributed by atoms with van der Waals surface area (Å²) >= 11 is 0. The second-order valence-electron chi connectivity index (χ2n) is 6.30. The van der Waals surface area contributed by atoms with E-state index in [0.717, 1.165) is 25.0 Å². The van der Waals surface area contributed by atoms with Gasteiger partial charge in [-0.05, 0) is 24.6 Å². The first-order chi connectivity index (χ1) is 11.8. The van der Waals surface area contributed by atoms with Crippen LogP contribution in [0, 0.1) is 6.92 Å². The van der Waals surface area contributed by atoms with Crippen LogP contribution in [-0.4, -0.2) is 82.8 Å². The molecular formula is C17H27N3O4S. The van der Waals surface area contributed by atoms with Gasteiger partial charge >= 0.3 is 0 Å². The molecule has 1 aromatic rings. The van der Waals surface area contributed by atoms with Gasteiger partial charge in [-0.15, -0.1) is 0 Å². The molecule has 140 valence electrons. The number of nitrogens with zero attached hydrogens (tertiary/aromatic N) is 3. The van der Waals surface area contributed by atoms with E-state index in [0.29, 0.717) is 13.1 Å². The lowest BCUT2D eigenvalue weighted by Crippen LogP contribution is -2.52. The maximum atomic E-state index is 12.5. The van der Waals surface area contributed by atoms with Gasteiger partial charge in [0.25, 0.3) is 0 Å². The van der Waals surface area contributed by atoms with Gasteiger partial charge < -0.3 is 14.5 Å². The van der Waals surface area contributed by atoms with E-state index in [1.54, 1.807) is 4.90 Å². The molecule has 25 heavy (non-hydrogen) atoms. The van der Waals surface area contributed by atoms with Crippen LogP contribution >= 0.6 is 0 Å². The second-order valence-corrected chi connectivity index (χ2v) is 8.28. The molecule has 0 saturated carbocycles. The van der Waals surface area contributed by atoms with Gasteiger partial charge in [0.1, 0.15) is 0 Å². The zero-order valence-corrected chi connectivity index (χ0v) is 16.0. The standard InChI is InChI=1S/C17H27N3O4S/c1-15-5-4-6-16(13-15)18-7-9-19(10-8-18)17(21)14-20(11-12-24-2)25(3,22)23/h4-6,13H,7-12,14H2,1-3H3. The highest BCUT2D eigenvalue weighted by molar-refractivity contribution is 7.88. The first kappa shape index (κ1) is 19.7. The van der Waals surface area contributed by atoms with Crippen molar-refractivity contribution in [3.8, 4) is 0 Å². The van der Waals surface area contributed by atoms with E-state index in [1.165, 1.54) is 17.0 Å². The van der Waals surface area contributed by atoms with Gasteiger partial charge in [0.15, 0.2) is 0 Å².